The molecular weight excluding hydrogens is 284 g/mol. The molecule has 1 aromatic carbocycles. The van der Waals surface area contributed by atoms with Gasteiger partial charge < -0.3 is 15.6 Å². The van der Waals surface area contributed by atoms with Crippen molar-refractivity contribution in [3.8, 4) is 0 Å². The first-order valence-electron chi connectivity index (χ1n) is 7.00. The molecule has 0 unspecified atom stereocenters. The molecule has 0 bridgehead atoms. The standard InChI is InChI=1S/C16H20N2O4/c1-16(2,3)22-15(21)18-9-10(8-12(17)14(19)20)11-6-4-5-7-13(11)18/h4-7,9,12H,8,17H2,1-3H3,(H,19,20)/t12-/m1/s1. The Morgan fingerprint density at radius 3 is 2.55 bits per heavy atom. The summed E-state index contributed by atoms with van der Waals surface area (Å²) in [6.07, 6.45) is 1.24. The van der Waals surface area contributed by atoms with Gasteiger partial charge in [-0.25, -0.2) is 4.79 Å². The van der Waals surface area contributed by atoms with Crippen LogP contribution < -0.4 is 5.73 Å². The number of para-hydroxylation sites is 1. The summed E-state index contributed by atoms with van der Waals surface area (Å²) < 4.78 is 6.77. The normalized spacial score (nSPS) is 13.1. The van der Waals surface area contributed by atoms with E-state index in [1.54, 1.807) is 33.0 Å². The molecule has 0 aliphatic rings. The Kier molecular flexibility index (Phi) is 4.23. The maximum absolute atomic E-state index is 12.3. The van der Waals surface area contributed by atoms with Crippen molar-refractivity contribution >= 4 is 23.0 Å². The van der Waals surface area contributed by atoms with E-state index < -0.39 is 23.7 Å². The van der Waals surface area contributed by atoms with Gasteiger partial charge in [0.05, 0.1) is 5.52 Å². The van der Waals surface area contributed by atoms with Crippen molar-refractivity contribution in [2.45, 2.75) is 38.8 Å². The van der Waals surface area contributed by atoms with Gasteiger partial charge in [-0.05, 0) is 32.4 Å². The van der Waals surface area contributed by atoms with Crippen LogP contribution in [0, 0.1) is 0 Å². The lowest BCUT2D eigenvalue weighted by Gasteiger charge is -2.19. The highest BCUT2D eigenvalue weighted by molar-refractivity contribution is 5.92. The minimum absolute atomic E-state index is 0.144. The number of carboxylic acid groups (broad SMARTS) is 1. The van der Waals surface area contributed by atoms with Gasteiger partial charge in [0, 0.05) is 18.0 Å². The van der Waals surface area contributed by atoms with Gasteiger partial charge in [0.2, 0.25) is 0 Å². The van der Waals surface area contributed by atoms with Gasteiger partial charge >= 0.3 is 12.1 Å². The van der Waals surface area contributed by atoms with Crippen LogP contribution in [0.5, 0.6) is 0 Å². The Morgan fingerprint density at radius 1 is 1.32 bits per heavy atom. The topological polar surface area (TPSA) is 94.5 Å². The molecule has 22 heavy (non-hydrogen) atoms. The molecule has 118 valence electrons. The number of ether oxygens (including phenoxy) is 1. The van der Waals surface area contributed by atoms with Crippen LogP contribution in [0.3, 0.4) is 0 Å². The van der Waals surface area contributed by atoms with E-state index in [4.69, 9.17) is 15.6 Å². The van der Waals surface area contributed by atoms with Crippen LogP contribution >= 0.6 is 0 Å². The molecule has 0 saturated heterocycles. The maximum Gasteiger partial charge on any atom is 0.419 e. The van der Waals surface area contributed by atoms with Crippen LogP contribution in [0.4, 0.5) is 4.79 Å². The smallest absolute Gasteiger partial charge is 0.419 e. The summed E-state index contributed by atoms with van der Waals surface area (Å²) in [6, 6.07) is 6.24. The fourth-order valence-corrected chi connectivity index (χ4v) is 2.20. The molecule has 0 aliphatic carbocycles. The molecule has 3 N–H and O–H groups in total. The molecule has 0 spiro atoms. The second-order valence-corrected chi connectivity index (χ2v) is 6.17. The van der Waals surface area contributed by atoms with Crippen LogP contribution in [0.1, 0.15) is 26.3 Å². The number of benzene rings is 1. The summed E-state index contributed by atoms with van der Waals surface area (Å²) in [6.45, 7) is 5.37. The minimum Gasteiger partial charge on any atom is -0.480 e. The molecule has 1 atom stereocenters. The van der Waals surface area contributed by atoms with E-state index in [0.717, 1.165) is 5.39 Å². The SMILES string of the molecule is CC(C)(C)OC(=O)n1cc(C[C@@H](N)C(=O)O)c2ccccc21. The Balaban J connectivity index is 2.44. The number of aliphatic carboxylic acids is 1. The third kappa shape index (κ3) is 3.46. The van der Waals surface area contributed by atoms with Crippen molar-refractivity contribution in [2.75, 3.05) is 0 Å². The molecule has 1 heterocycles. The van der Waals surface area contributed by atoms with Crippen LogP contribution in [0.15, 0.2) is 30.5 Å². The van der Waals surface area contributed by atoms with Crippen molar-refractivity contribution in [2.24, 2.45) is 5.73 Å². The van der Waals surface area contributed by atoms with Gasteiger partial charge in [-0.3, -0.25) is 9.36 Å². The first kappa shape index (κ1) is 16.0. The highest BCUT2D eigenvalue weighted by Gasteiger charge is 2.22. The lowest BCUT2D eigenvalue weighted by atomic mass is 10.1. The fraction of sp³-hybridized carbons (Fsp3) is 0.375. The number of hydrogen-bond donors (Lipinski definition) is 2. The van der Waals surface area contributed by atoms with Crippen molar-refractivity contribution in [1.82, 2.24) is 4.57 Å². The largest absolute Gasteiger partial charge is 0.480 e. The molecule has 6 nitrogen and oxygen atoms in total. The van der Waals surface area contributed by atoms with Gasteiger partial charge in [-0.15, -0.1) is 0 Å². The zero-order valence-electron chi connectivity index (χ0n) is 12.9. The summed E-state index contributed by atoms with van der Waals surface area (Å²) in [5.74, 6) is -1.07. The Bertz CT molecular complexity index is 712. The van der Waals surface area contributed by atoms with Crippen LogP contribution in [-0.2, 0) is 16.0 Å². The Hall–Kier alpha value is -2.34. The third-order valence-electron chi connectivity index (χ3n) is 3.14. The van der Waals surface area contributed by atoms with E-state index in [0.29, 0.717) is 11.1 Å². The summed E-state index contributed by atoms with van der Waals surface area (Å²) in [5, 5.41) is 9.76. The van der Waals surface area contributed by atoms with E-state index in [1.165, 1.54) is 4.57 Å². The van der Waals surface area contributed by atoms with Gasteiger partial charge in [-0.1, -0.05) is 18.2 Å². The second-order valence-electron chi connectivity index (χ2n) is 6.17. The highest BCUT2D eigenvalue weighted by Crippen LogP contribution is 2.23. The number of carbonyl (C=O) groups is 2. The van der Waals surface area contributed by atoms with Crippen LogP contribution in [-0.4, -0.2) is 33.4 Å². The number of carboxylic acids is 1. The molecule has 0 aliphatic heterocycles. The summed E-state index contributed by atoms with van der Waals surface area (Å²) in [7, 11) is 0. The van der Waals surface area contributed by atoms with Gasteiger partial charge in [0.25, 0.3) is 0 Å². The van der Waals surface area contributed by atoms with Crippen molar-refractivity contribution in [3.05, 3.63) is 36.0 Å². The molecule has 2 rings (SSSR count). The fourth-order valence-electron chi connectivity index (χ4n) is 2.20. The number of carbonyl (C=O) groups excluding carboxylic acids is 1. The monoisotopic (exact) mass is 304 g/mol. The number of fused-ring (bicyclic) bond motifs is 1. The van der Waals surface area contributed by atoms with E-state index in [1.807, 2.05) is 18.2 Å². The molecule has 6 heteroatoms. The van der Waals surface area contributed by atoms with Crippen molar-refractivity contribution < 1.29 is 19.4 Å². The zero-order valence-corrected chi connectivity index (χ0v) is 12.9. The van der Waals surface area contributed by atoms with Crippen LogP contribution in [0.25, 0.3) is 10.9 Å². The first-order valence-corrected chi connectivity index (χ1v) is 7.00. The molecular formula is C16H20N2O4. The predicted molar refractivity (Wildman–Crippen MR) is 82.9 cm³/mol. The highest BCUT2D eigenvalue weighted by atomic mass is 16.6. The average Bonchev–Trinajstić information content (AvgIpc) is 2.76. The van der Waals surface area contributed by atoms with E-state index in [-0.39, 0.29) is 6.42 Å². The average molecular weight is 304 g/mol. The van der Waals surface area contributed by atoms with E-state index >= 15 is 0 Å². The summed E-state index contributed by atoms with van der Waals surface area (Å²) >= 11 is 0. The Labute approximate surface area is 128 Å². The molecule has 0 radical (unpaired) electrons. The summed E-state index contributed by atoms with van der Waals surface area (Å²) in [4.78, 5) is 23.2. The van der Waals surface area contributed by atoms with Crippen molar-refractivity contribution in [3.63, 3.8) is 0 Å². The summed E-state index contributed by atoms with van der Waals surface area (Å²) in [5.41, 5.74) is 6.37. The molecule has 0 saturated carbocycles. The van der Waals surface area contributed by atoms with Gasteiger partial charge in [0.1, 0.15) is 11.6 Å². The quantitative estimate of drug-likeness (QED) is 0.907. The number of nitrogens with zero attached hydrogens (tertiary/aromatic N) is 1. The molecule has 0 amide bonds. The van der Waals surface area contributed by atoms with Gasteiger partial charge in [0.15, 0.2) is 0 Å². The Morgan fingerprint density at radius 2 is 1.95 bits per heavy atom. The number of rotatable bonds is 3. The number of aromatic nitrogens is 1. The number of hydrogen-bond acceptors (Lipinski definition) is 4. The third-order valence-corrected chi connectivity index (χ3v) is 3.14. The maximum atomic E-state index is 12.3. The zero-order chi connectivity index (χ0) is 16.5. The van der Waals surface area contributed by atoms with E-state index in [2.05, 4.69) is 0 Å². The predicted octanol–water partition coefficient (Wildman–Crippen LogP) is 2.38. The lowest BCUT2D eigenvalue weighted by molar-refractivity contribution is -0.138. The van der Waals surface area contributed by atoms with Gasteiger partial charge in [-0.2, -0.15) is 0 Å². The molecule has 2 aromatic rings. The van der Waals surface area contributed by atoms with Crippen LogP contribution in [0.2, 0.25) is 0 Å². The first-order chi connectivity index (χ1) is 10.2. The number of nitrogens with two attached hydrogens (primary N) is 1. The van der Waals surface area contributed by atoms with E-state index in [9.17, 15) is 9.59 Å². The molecule has 0 fully saturated rings. The lowest BCUT2D eigenvalue weighted by Crippen LogP contribution is -2.32. The molecule has 1 aromatic heterocycles. The second kappa shape index (κ2) is 5.81. The minimum atomic E-state index is -1.07. The van der Waals surface area contributed by atoms with Crippen molar-refractivity contribution in [1.29, 1.82) is 0 Å².